The van der Waals surface area contributed by atoms with Crippen LogP contribution in [0.15, 0.2) is 27.7 Å². The molecule has 0 unspecified atom stereocenters. The van der Waals surface area contributed by atoms with E-state index in [9.17, 15) is 13.2 Å². The van der Waals surface area contributed by atoms with E-state index in [1.165, 1.54) is 10.5 Å². The summed E-state index contributed by atoms with van der Waals surface area (Å²) in [6.45, 7) is 3.71. The molecule has 3 rings (SSSR count). The fraction of sp³-hybridized carbons (Fsp3) is 0.438. The minimum Gasteiger partial charge on any atom is -0.360 e. The maximum atomic E-state index is 12.8. The monoisotopic (exact) mass is 398 g/mol. The smallest absolute Gasteiger partial charge is 0.248 e. The Labute approximate surface area is 156 Å². The lowest BCUT2D eigenvalue weighted by atomic mass is 9.97. The molecule has 0 spiro atoms. The van der Waals surface area contributed by atoms with Crippen LogP contribution in [-0.4, -0.2) is 41.9 Å². The first-order valence-corrected chi connectivity index (χ1v) is 9.96. The molecule has 140 valence electrons. The highest BCUT2D eigenvalue weighted by Crippen LogP contribution is 2.28. The van der Waals surface area contributed by atoms with Crippen molar-refractivity contribution in [2.75, 3.05) is 18.4 Å². The van der Waals surface area contributed by atoms with Gasteiger partial charge in [-0.15, -0.1) is 0 Å². The number of aryl methyl sites for hydroxylation is 2. The van der Waals surface area contributed by atoms with Gasteiger partial charge in [-0.3, -0.25) is 4.79 Å². The zero-order valence-corrected chi connectivity index (χ0v) is 16.0. The summed E-state index contributed by atoms with van der Waals surface area (Å²) in [5.41, 5.74) is 0.905. The highest BCUT2D eigenvalue weighted by atomic mass is 35.5. The van der Waals surface area contributed by atoms with Crippen LogP contribution in [-0.2, 0) is 14.8 Å². The largest absolute Gasteiger partial charge is 0.360 e. The Kier molecular flexibility index (Phi) is 5.31. The Bertz CT molecular complexity index is 883. The van der Waals surface area contributed by atoms with Gasteiger partial charge in [-0.2, -0.15) is 4.31 Å². The molecule has 26 heavy (non-hydrogen) atoms. The topological polar surface area (TPSA) is 105 Å². The molecule has 2 aromatic heterocycles. The van der Waals surface area contributed by atoms with Crippen LogP contribution >= 0.6 is 11.6 Å². The summed E-state index contributed by atoms with van der Waals surface area (Å²) in [5, 5.41) is 6.85. The molecule has 8 nitrogen and oxygen atoms in total. The maximum Gasteiger partial charge on any atom is 0.248 e. The van der Waals surface area contributed by atoms with Gasteiger partial charge in [-0.05, 0) is 38.8 Å². The summed E-state index contributed by atoms with van der Waals surface area (Å²) < 4.78 is 31.9. The van der Waals surface area contributed by atoms with E-state index in [2.05, 4.69) is 15.5 Å². The predicted octanol–water partition coefficient (Wildman–Crippen LogP) is 2.38. The van der Waals surface area contributed by atoms with Crippen molar-refractivity contribution in [1.29, 1.82) is 0 Å². The van der Waals surface area contributed by atoms with Crippen LogP contribution in [0.25, 0.3) is 0 Å². The lowest BCUT2D eigenvalue weighted by molar-refractivity contribution is -0.120. The van der Waals surface area contributed by atoms with Crippen molar-refractivity contribution in [2.24, 2.45) is 5.92 Å². The molecule has 1 aliphatic heterocycles. The summed E-state index contributed by atoms with van der Waals surface area (Å²) in [7, 11) is -3.67. The normalized spacial score (nSPS) is 16.6. The number of hydrogen-bond acceptors (Lipinski definition) is 6. The van der Waals surface area contributed by atoms with Crippen LogP contribution in [0.4, 0.5) is 5.69 Å². The molecule has 1 amide bonds. The van der Waals surface area contributed by atoms with Gasteiger partial charge in [0.15, 0.2) is 5.76 Å². The molecule has 1 saturated heterocycles. The van der Waals surface area contributed by atoms with Gasteiger partial charge in [0.25, 0.3) is 0 Å². The van der Waals surface area contributed by atoms with E-state index in [1.54, 1.807) is 26.0 Å². The fourth-order valence-corrected chi connectivity index (χ4v) is 4.90. The summed E-state index contributed by atoms with van der Waals surface area (Å²) in [5.74, 6) is -0.136. The van der Waals surface area contributed by atoms with Gasteiger partial charge in [-0.1, -0.05) is 16.8 Å². The van der Waals surface area contributed by atoms with E-state index in [1.807, 2.05) is 0 Å². The van der Waals surface area contributed by atoms with Gasteiger partial charge in [0.1, 0.15) is 15.7 Å². The number of piperidine rings is 1. The van der Waals surface area contributed by atoms with Gasteiger partial charge in [0.2, 0.25) is 15.9 Å². The number of carbonyl (C=O) groups is 1. The van der Waals surface area contributed by atoms with Crippen molar-refractivity contribution in [3.63, 3.8) is 0 Å². The molecule has 0 aromatic carbocycles. The lowest BCUT2D eigenvalue weighted by Gasteiger charge is -2.30. The Morgan fingerprint density at radius 1 is 1.31 bits per heavy atom. The highest BCUT2D eigenvalue weighted by Gasteiger charge is 2.35. The van der Waals surface area contributed by atoms with Crippen LogP contribution in [0.2, 0.25) is 5.15 Å². The Morgan fingerprint density at radius 2 is 2.00 bits per heavy atom. The quantitative estimate of drug-likeness (QED) is 0.792. The van der Waals surface area contributed by atoms with E-state index in [0.717, 1.165) is 0 Å². The molecule has 1 aliphatic rings. The molecule has 0 radical (unpaired) electrons. The molecule has 1 fully saturated rings. The third-order valence-corrected chi connectivity index (χ3v) is 6.75. The van der Waals surface area contributed by atoms with Gasteiger partial charge >= 0.3 is 0 Å². The second kappa shape index (κ2) is 7.34. The number of amides is 1. The lowest BCUT2D eigenvalue weighted by Crippen LogP contribution is -2.41. The second-order valence-electron chi connectivity index (χ2n) is 6.19. The van der Waals surface area contributed by atoms with Crippen LogP contribution in [0.5, 0.6) is 0 Å². The molecular weight excluding hydrogens is 380 g/mol. The van der Waals surface area contributed by atoms with E-state index < -0.39 is 10.0 Å². The number of aromatic nitrogens is 2. The highest BCUT2D eigenvalue weighted by molar-refractivity contribution is 7.89. The molecule has 1 N–H and O–H groups in total. The number of hydrogen-bond donors (Lipinski definition) is 1. The minimum atomic E-state index is -3.67. The van der Waals surface area contributed by atoms with E-state index >= 15 is 0 Å². The predicted molar refractivity (Wildman–Crippen MR) is 95.3 cm³/mol. The van der Waals surface area contributed by atoms with Gasteiger partial charge in [0.05, 0.1) is 11.9 Å². The van der Waals surface area contributed by atoms with Crippen LogP contribution in [0, 0.1) is 19.8 Å². The standard InChI is InChI=1S/C16H19ClN4O4S/c1-10-15(11(2)25-20-10)26(23,24)21-7-5-12(6-8-21)16(22)19-13-3-4-14(17)18-9-13/h3-4,9,12H,5-8H2,1-2H3,(H,19,22). The Balaban J connectivity index is 1.63. The second-order valence-corrected chi connectivity index (χ2v) is 8.45. The van der Waals surface area contributed by atoms with Crippen LogP contribution in [0.1, 0.15) is 24.3 Å². The van der Waals surface area contributed by atoms with Crippen molar-refractivity contribution in [1.82, 2.24) is 14.4 Å². The summed E-state index contributed by atoms with van der Waals surface area (Å²) >= 11 is 5.72. The van der Waals surface area contributed by atoms with E-state index in [-0.39, 0.29) is 35.6 Å². The van der Waals surface area contributed by atoms with Gasteiger partial charge in [0, 0.05) is 19.0 Å². The maximum absolute atomic E-state index is 12.8. The SMILES string of the molecule is Cc1noc(C)c1S(=O)(=O)N1CCC(C(=O)Nc2ccc(Cl)nc2)CC1. The van der Waals surface area contributed by atoms with Gasteiger partial charge in [-0.25, -0.2) is 13.4 Å². The fourth-order valence-electron chi connectivity index (χ4n) is 3.02. The molecule has 3 heterocycles. The molecule has 0 atom stereocenters. The number of carbonyl (C=O) groups excluding carboxylic acids is 1. The van der Waals surface area contributed by atoms with Crippen molar-refractivity contribution in [2.45, 2.75) is 31.6 Å². The number of nitrogens with zero attached hydrogens (tertiary/aromatic N) is 3. The third-order valence-electron chi connectivity index (χ3n) is 4.39. The average molecular weight is 399 g/mol. The van der Waals surface area contributed by atoms with Crippen molar-refractivity contribution >= 4 is 33.2 Å². The van der Waals surface area contributed by atoms with Crippen molar-refractivity contribution in [3.8, 4) is 0 Å². The molecule has 10 heteroatoms. The van der Waals surface area contributed by atoms with Gasteiger partial charge < -0.3 is 9.84 Å². The van der Waals surface area contributed by atoms with Crippen molar-refractivity contribution < 1.29 is 17.7 Å². The number of halogens is 1. The Hall–Kier alpha value is -1.97. The number of nitrogens with one attached hydrogen (secondary N) is 1. The average Bonchev–Trinajstić information content (AvgIpc) is 2.96. The summed E-state index contributed by atoms with van der Waals surface area (Å²) in [4.78, 5) is 16.4. The summed E-state index contributed by atoms with van der Waals surface area (Å²) in [6, 6.07) is 3.26. The first-order valence-electron chi connectivity index (χ1n) is 8.14. The first kappa shape index (κ1) is 18.8. The number of rotatable bonds is 4. The minimum absolute atomic E-state index is 0.118. The number of pyridine rings is 1. The van der Waals surface area contributed by atoms with Crippen LogP contribution < -0.4 is 5.32 Å². The van der Waals surface area contributed by atoms with E-state index in [0.29, 0.717) is 29.4 Å². The molecule has 0 saturated carbocycles. The zero-order chi connectivity index (χ0) is 18.9. The zero-order valence-electron chi connectivity index (χ0n) is 14.4. The molecule has 0 bridgehead atoms. The van der Waals surface area contributed by atoms with Crippen LogP contribution in [0.3, 0.4) is 0 Å². The number of anilines is 1. The van der Waals surface area contributed by atoms with E-state index in [4.69, 9.17) is 16.1 Å². The Morgan fingerprint density at radius 3 is 2.54 bits per heavy atom. The van der Waals surface area contributed by atoms with Crippen molar-refractivity contribution in [3.05, 3.63) is 34.9 Å². The molecular formula is C16H19ClN4O4S. The number of sulfonamides is 1. The summed E-state index contributed by atoms with van der Waals surface area (Å²) in [6.07, 6.45) is 2.36. The third kappa shape index (κ3) is 3.74. The first-order chi connectivity index (χ1) is 12.3. The molecule has 0 aliphatic carbocycles. The molecule has 2 aromatic rings.